The highest BCUT2D eigenvalue weighted by Gasteiger charge is 2.10. The fourth-order valence-corrected chi connectivity index (χ4v) is 1.13. The van der Waals surface area contributed by atoms with Gasteiger partial charge in [-0.25, -0.2) is 0 Å². The van der Waals surface area contributed by atoms with Crippen molar-refractivity contribution in [1.82, 2.24) is 5.32 Å². The van der Waals surface area contributed by atoms with E-state index >= 15 is 0 Å². The predicted octanol–water partition coefficient (Wildman–Crippen LogP) is 0.815. The number of non-ortho nitro benzene ring substituents is 1. The number of amides is 1. The Labute approximate surface area is 97.2 Å². The van der Waals surface area contributed by atoms with Gasteiger partial charge < -0.3 is 15.2 Å². The summed E-state index contributed by atoms with van der Waals surface area (Å²) < 4.78 is 5.13. The predicted molar refractivity (Wildman–Crippen MR) is 58.9 cm³/mol. The van der Waals surface area contributed by atoms with Crippen molar-refractivity contribution in [3.05, 3.63) is 28.3 Å². The fraction of sp³-hybridized carbons (Fsp3) is 0.300. The number of carbonyl (C=O) groups is 1. The molecule has 92 valence electrons. The van der Waals surface area contributed by atoms with E-state index in [-0.39, 0.29) is 29.7 Å². The van der Waals surface area contributed by atoms with E-state index in [4.69, 9.17) is 4.74 Å². The summed E-state index contributed by atoms with van der Waals surface area (Å²) in [6.07, 6.45) is 0. The molecule has 0 spiro atoms. The van der Waals surface area contributed by atoms with Gasteiger partial charge in [-0.15, -0.1) is 0 Å². The molecule has 1 aromatic carbocycles. The molecule has 0 aliphatic rings. The monoisotopic (exact) mass is 240 g/mol. The van der Waals surface area contributed by atoms with Crippen molar-refractivity contribution in [3.63, 3.8) is 0 Å². The van der Waals surface area contributed by atoms with Crippen molar-refractivity contribution in [2.24, 2.45) is 0 Å². The van der Waals surface area contributed by atoms with Crippen LogP contribution in [0.15, 0.2) is 18.2 Å². The fourth-order valence-electron chi connectivity index (χ4n) is 1.13. The largest absolute Gasteiger partial charge is 0.504 e. The van der Waals surface area contributed by atoms with Crippen molar-refractivity contribution in [2.45, 2.75) is 6.92 Å². The maximum atomic E-state index is 10.6. The molecule has 0 aliphatic heterocycles. The zero-order chi connectivity index (χ0) is 12.8. The van der Waals surface area contributed by atoms with Crippen molar-refractivity contribution >= 4 is 11.6 Å². The molecule has 7 heteroatoms. The van der Waals surface area contributed by atoms with Gasteiger partial charge >= 0.3 is 0 Å². The topological polar surface area (TPSA) is 102 Å². The van der Waals surface area contributed by atoms with Crippen LogP contribution in [0.3, 0.4) is 0 Å². The van der Waals surface area contributed by atoms with E-state index in [9.17, 15) is 20.0 Å². The number of nitro benzene ring substituents is 1. The number of ether oxygens (including phenoxy) is 1. The number of hydrogen-bond donors (Lipinski definition) is 2. The molecular weight excluding hydrogens is 228 g/mol. The van der Waals surface area contributed by atoms with Gasteiger partial charge in [0.25, 0.3) is 5.69 Å². The van der Waals surface area contributed by atoms with E-state index in [1.807, 2.05) is 0 Å². The summed E-state index contributed by atoms with van der Waals surface area (Å²) in [7, 11) is 0. The number of aromatic hydroxyl groups is 1. The third-order valence-corrected chi connectivity index (χ3v) is 1.89. The maximum absolute atomic E-state index is 10.6. The van der Waals surface area contributed by atoms with E-state index in [1.54, 1.807) is 0 Å². The van der Waals surface area contributed by atoms with E-state index < -0.39 is 4.92 Å². The summed E-state index contributed by atoms with van der Waals surface area (Å²) in [4.78, 5) is 20.3. The van der Waals surface area contributed by atoms with E-state index in [1.165, 1.54) is 19.1 Å². The van der Waals surface area contributed by atoms with Crippen LogP contribution in [0.1, 0.15) is 6.92 Å². The molecule has 0 fully saturated rings. The molecule has 1 rings (SSSR count). The van der Waals surface area contributed by atoms with Gasteiger partial charge in [-0.1, -0.05) is 0 Å². The van der Waals surface area contributed by atoms with Crippen LogP contribution in [0.4, 0.5) is 5.69 Å². The first-order valence-electron chi connectivity index (χ1n) is 4.85. The number of nitrogens with zero attached hydrogens (tertiary/aromatic N) is 1. The highest BCUT2D eigenvalue weighted by atomic mass is 16.6. The minimum Gasteiger partial charge on any atom is -0.504 e. The number of benzene rings is 1. The maximum Gasteiger partial charge on any atom is 0.273 e. The molecule has 0 bridgehead atoms. The van der Waals surface area contributed by atoms with Gasteiger partial charge in [0.15, 0.2) is 11.5 Å². The number of rotatable bonds is 5. The lowest BCUT2D eigenvalue weighted by molar-refractivity contribution is -0.385. The molecule has 1 aromatic rings. The highest BCUT2D eigenvalue weighted by molar-refractivity contribution is 5.72. The van der Waals surface area contributed by atoms with Gasteiger partial charge in [0.05, 0.1) is 17.5 Å². The van der Waals surface area contributed by atoms with E-state index in [0.29, 0.717) is 6.54 Å². The normalized spacial score (nSPS) is 9.71. The second-order valence-corrected chi connectivity index (χ2v) is 3.24. The summed E-state index contributed by atoms with van der Waals surface area (Å²) in [6.45, 7) is 1.85. The van der Waals surface area contributed by atoms with Crippen LogP contribution in [0.5, 0.6) is 11.5 Å². The average molecular weight is 240 g/mol. The smallest absolute Gasteiger partial charge is 0.273 e. The zero-order valence-electron chi connectivity index (χ0n) is 9.17. The highest BCUT2D eigenvalue weighted by Crippen LogP contribution is 2.29. The third-order valence-electron chi connectivity index (χ3n) is 1.89. The first kappa shape index (κ1) is 12.8. The second kappa shape index (κ2) is 5.69. The summed E-state index contributed by atoms with van der Waals surface area (Å²) in [6, 6.07) is 3.54. The Bertz CT molecular complexity index is 433. The van der Waals surface area contributed by atoms with Crippen LogP contribution in [0, 0.1) is 10.1 Å². The average Bonchev–Trinajstić information content (AvgIpc) is 2.25. The molecule has 0 unspecified atom stereocenters. The van der Waals surface area contributed by atoms with Gasteiger partial charge in [0.1, 0.15) is 6.61 Å². The molecule has 0 radical (unpaired) electrons. The van der Waals surface area contributed by atoms with Crippen LogP contribution in [0.25, 0.3) is 0 Å². The quantitative estimate of drug-likeness (QED) is 0.450. The number of nitrogens with one attached hydrogen (secondary N) is 1. The van der Waals surface area contributed by atoms with Gasteiger partial charge in [0, 0.05) is 13.0 Å². The van der Waals surface area contributed by atoms with Crippen LogP contribution < -0.4 is 10.1 Å². The standard InChI is InChI=1S/C10H12N2O5/c1-7(13)11-4-5-17-10-3-2-8(12(15)16)6-9(10)14/h2-3,6,14H,4-5H2,1H3,(H,11,13). The Balaban J connectivity index is 2.54. The SMILES string of the molecule is CC(=O)NCCOc1ccc([N+](=O)[O-])cc1O. The Morgan fingerprint density at radius 1 is 1.59 bits per heavy atom. The number of phenolic OH excluding ortho intramolecular Hbond substituents is 1. The summed E-state index contributed by atoms with van der Waals surface area (Å²) in [5.41, 5.74) is -0.211. The van der Waals surface area contributed by atoms with Gasteiger partial charge in [-0.3, -0.25) is 14.9 Å². The molecule has 0 heterocycles. The lowest BCUT2D eigenvalue weighted by Crippen LogP contribution is -2.25. The van der Waals surface area contributed by atoms with Gasteiger partial charge in [0.2, 0.25) is 5.91 Å². The summed E-state index contributed by atoms with van der Waals surface area (Å²) in [5, 5.41) is 22.3. The molecule has 0 aromatic heterocycles. The first-order chi connectivity index (χ1) is 8.00. The first-order valence-corrected chi connectivity index (χ1v) is 4.85. The minimum atomic E-state index is -0.610. The van der Waals surface area contributed by atoms with Gasteiger partial charge in [-0.05, 0) is 6.07 Å². The van der Waals surface area contributed by atoms with Crippen molar-refractivity contribution < 1.29 is 19.6 Å². The molecule has 2 N–H and O–H groups in total. The Hall–Kier alpha value is -2.31. The van der Waals surface area contributed by atoms with Crippen LogP contribution >= 0.6 is 0 Å². The molecule has 0 saturated carbocycles. The van der Waals surface area contributed by atoms with Crippen LogP contribution in [0.2, 0.25) is 0 Å². The number of hydrogen-bond acceptors (Lipinski definition) is 5. The summed E-state index contributed by atoms with van der Waals surface area (Å²) in [5.74, 6) is -0.343. The summed E-state index contributed by atoms with van der Waals surface area (Å²) >= 11 is 0. The lowest BCUT2D eigenvalue weighted by Gasteiger charge is -2.07. The number of carbonyl (C=O) groups excluding carboxylic acids is 1. The number of nitro groups is 1. The Kier molecular flexibility index (Phi) is 4.27. The van der Waals surface area contributed by atoms with Crippen molar-refractivity contribution in [2.75, 3.05) is 13.2 Å². The van der Waals surface area contributed by atoms with E-state index in [0.717, 1.165) is 6.07 Å². The molecular formula is C10H12N2O5. The van der Waals surface area contributed by atoms with Crippen LogP contribution in [-0.2, 0) is 4.79 Å². The molecule has 0 aliphatic carbocycles. The van der Waals surface area contributed by atoms with Gasteiger partial charge in [-0.2, -0.15) is 0 Å². The molecule has 0 atom stereocenters. The Morgan fingerprint density at radius 2 is 2.29 bits per heavy atom. The number of phenols is 1. The molecule has 0 saturated heterocycles. The molecule has 7 nitrogen and oxygen atoms in total. The minimum absolute atomic E-state index is 0.140. The third kappa shape index (κ3) is 3.98. The van der Waals surface area contributed by atoms with Crippen molar-refractivity contribution in [3.8, 4) is 11.5 Å². The second-order valence-electron chi connectivity index (χ2n) is 3.24. The van der Waals surface area contributed by atoms with Crippen LogP contribution in [-0.4, -0.2) is 29.1 Å². The zero-order valence-corrected chi connectivity index (χ0v) is 9.17. The Morgan fingerprint density at radius 3 is 2.82 bits per heavy atom. The molecule has 17 heavy (non-hydrogen) atoms. The van der Waals surface area contributed by atoms with Crippen molar-refractivity contribution in [1.29, 1.82) is 0 Å². The van der Waals surface area contributed by atoms with E-state index in [2.05, 4.69) is 5.32 Å². The lowest BCUT2D eigenvalue weighted by atomic mass is 10.3. The molecule has 1 amide bonds.